The smallest absolute Gasteiger partial charge is 0.137 e. The van der Waals surface area contributed by atoms with Crippen LogP contribution >= 0.6 is 15.9 Å². The van der Waals surface area contributed by atoms with E-state index in [1.165, 1.54) is 24.8 Å². The highest BCUT2D eigenvalue weighted by Crippen LogP contribution is 2.29. The highest BCUT2D eigenvalue weighted by Gasteiger charge is 2.06. The molecule has 96 valence electrons. The molecule has 0 fully saturated rings. The number of unbranched alkanes of at least 4 members (excludes halogenated alkanes) is 3. The van der Waals surface area contributed by atoms with Crippen LogP contribution in [0, 0.1) is 0 Å². The van der Waals surface area contributed by atoms with Gasteiger partial charge in [0.2, 0.25) is 0 Å². The minimum atomic E-state index is 0.805. The van der Waals surface area contributed by atoms with Crippen LogP contribution < -0.4 is 10.1 Å². The van der Waals surface area contributed by atoms with Crippen LogP contribution in [0.25, 0.3) is 0 Å². The van der Waals surface area contributed by atoms with Gasteiger partial charge < -0.3 is 10.1 Å². The van der Waals surface area contributed by atoms with Gasteiger partial charge in [0.1, 0.15) is 5.75 Å². The van der Waals surface area contributed by atoms with Crippen molar-refractivity contribution in [3.05, 3.63) is 28.2 Å². The Hall–Kier alpha value is -0.540. The summed E-state index contributed by atoms with van der Waals surface area (Å²) in [6.07, 6.45) is 4.94. The summed E-state index contributed by atoms with van der Waals surface area (Å²) in [6, 6.07) is 6.17. The molecule has 0 heterocycles. The number of benzene rings is 1. The predicted octanol–water partition coefficient (Wildman–Crippen LogP) is 4.13. The minimum absolute atomic E-state index is 0.805. The first-order valence-corrected chi connectivity index (χ1v) is 7.13. The first kappa shape index (κ1) is 14.5. The van der Waals surface area contributed by atoms with Crippen molar-refractivity contribution in [1.29, 1.82) is 0 Å². The SMILES string of the molecule is CCCCCCOc1c(Br)cccc1CNC. The lowest BCUT2D eigenvalue weighted by molar-refractivity contribution is 0.300. The summed E-state index contributed by atoms with van der Waals surface area (Å²) in [7, 11) is 1.95. The molecule has 0 aliphatic heterocycles. The first-order chi connectivity index (χ1) is 8.29. The van der Waals surface area contributed by atoms with Gasteiger partial charge in [0.25, 0.3) is 0 Å². The van der Waals surface area contributed by atoms with Gasteiger partial charge in [0.05, 0.1) is 11.1 Å². The molecule has 0 aliphatic carbocycles. The number of nitrogens with one attached hydrogen (secondary N) is 1. The molecule has 0 atom stereocenters. The minimum Gasteiger partial charge on any atom is -0.492 e. The van der Waals surface area contributed by atoms with Crippen molar-refractivity contribution < 1.29 is 4.74 Å². The van der Waals surface area contributed by atoms with E-state index in [1.807, 2.05) is 19.2 Å². The van der Waals surface area contributed by atoms with Gasteiger partial charge in [-0.15, -0.1) is 0 Å². The number of ether oxygens (including phenoxy) is 1. The standard InChI is InChI=1S/C14H22BrNO/c1-3-4-5-6-10-17-14-12(11-16-2)8-7-9-13(14)15/h7-9,16H,3-6,10-11H2,1-2H3. The molecule has 1 N–H and O–H groups in total. The van der Waals surface area contributed by atoms with Gasteiger partial charge in [-0.05, 0) is 35.5 Å². The Morgan fingerprint density at radius 1 is 1.24 bits per heavy atom. The van der Waals surface area contributed by atoms with E-state index >= 15 is 0 Å². The van der Waals surface area contributed by atoms with E-state index in [1.54, 1.807) is 0 Å². The van der Waals surface area contributed by atoms with Crippen LogP contribution in [0.15, 0.2) is 22.7 Å². The van der Waals surface area contributed by atoms with Gasteiger partial charge in [-0.3, -0.25) is 0 Å². The van der Waals surface area contributed by atoms with E-state index in [0.717, 1.165) is 29.8 Å². The van der Waals surface area contributed by atoms with Crippen molar-refractivity contribution in [3.8, 4) is 5.75 Å². The monoisotopic (exact) mass is 299 g/mol. The maximum atomic E-state index is 5.88. The zero-order valence-corrected chi connectivity index (χ0v) is 12.3. The summed E-state index contributed by atoms with van der Waals surface area (Å²) in [6.45, 7) is 3.86. The summed E-state index contributed by atoms with van der Waals surface area (Å²) in [4.78, 5) is 0. The molecule has 0 amide bonds. The molecule has 1 aromatic rings. The molecule has 0 bridgehead atoms. The van der Waals surface area contributed by atoms with Crippen molar-refractivity contribution in [2.24, 2.45) is 0 Å². The van der Waals surface area contributed by atoms with Crippen molar-refractivity contribution in [3.63, 3.8) is 0 Å². The van der Waals surface area contributed by atoms with E-state index < -0.39 is 0 Å². The summed E-state index contributed by atoms with van der Waals surface area (Å²) in [5.41, 5.74) is 1.21. The summed E-state index contributed by atoms with van der Waals surface area (Å²) < 4.78 is 6.92. The van der Waals surface area contributed by atoms with Gasteiger partial charge in [-0.1, -0.05) is 38.3 Å². The Kier molecular flexibility index (Phi) is 7.29. The summed E-state index contributed by atoms with van der Waals surface area (Å²) in [5, 5.41) is 3.16. The van der Waals surface area contributed by atoms with Gasteiger partial charge in [-0.2, -0.15) is 0 Å². The van der Waals surface area contributed by atoms with Crippen LogP contribution in [0.5, 0.6) is 5.75 Å². The molecule has 0 radical (unpaired) electrons. The van der Waals surface area contributed by atoms with Crippen molar-refractivity contribution in [2.45, 2.75) is 39.2 Å². The quantitative estimate of drug-likeness (QED) is 0.729. The van der Waals surface area contributed by atoms with Crippen LogP contribution in [0.1, 0.15) is 38.2 Å². The normalized spacial score (nSPS) is 10.5. The highest BCUT2D eigenvalue weighted by molar-refractivity contribution is 9.10. The molecule has 0 spiro atoms. The number of hydrogen-bond acceptors (Lipinski definition) is 2. The van der Waals surface area contributed by atoms with Crippen molar-refractivity contribution in [2.75, 3.05) is 13.7 Å². The third kappa shape index (κ3) is 5.09. The Morgan fingerprint density at radius 2 is 2.06 bits per heavy atom. The molecule has 1 rings (SSSR count). The lowest BCUT2D eigenvalue weighted by Gasteiger charge is -2.13. The number of halogens is 1. The summed E-state index contributed by atoms with van der Waals surface area (Å²) in [5.74, 6) is 0.985. The molecular weight excluding hydrogens is 278 g/mol. The second-order valence-electron chi connectivity index (χ2n) is 4.17. The average molecular weight is 300 g/mol. The Bertz CT molecular complexity index is 328. The lowest BCUT2D eigenvalue weighted by atomic mass is 10.2. The third-order valence-electron chi connectivity index (χ3n) is 2.66. The molecule has 3 heteroatoms. The van der Waals surface area contributed by atoms with E-state index in [-0.39, 0.29) is 0 Å². The molecule has 0 saturated carbocycles. The average Bonchev–Trinajstić information content (AvgIpc) is 2.32. The summed E-state index contributed by atoms with van der Waals surface area (Å²) >= 11 is 3.55. The van der Waals surface area contributed by atoms with Crippen LogP contribution in [-0.2, 0) is 6.54 Å². The fourth-order valence-electron chi connectivity index (χ4n) is 1.75. The second-order valence-corrected chi connectivity index (χ2v) is 5.02. The fourth-order valence-corrected chi connectivity index (χ4v) is 2.27. The molecule has 0 unspecified atom stereocenters. The number of hydrogen-bond donors (Lipinski definition) is 1. The van der Waals surface area contributed by atoms with Crippen LogP contribution in [0.4, 0.5) is 0 Å². The number of para-hydroxylation sites is 1. The number of rotatable bonds is 8. The van der Waals surface area contributed by atoms with Crippen molar-refractivity contribution in [1.82, 2.24) is 5.32 Å². The van der Waals surface area contributed by atoms with Crippen LogP contribution in [-0.4, -0.2) is 13.7 Å². The molecule has 0 aliphatic rings. The maximum absolute atomic E-state index is 5.88. The zero-order valence-electron chi connectivity index (χ0n) is 10.8. The maximum Gasteiger partial charge on any atom is 0.137 e. The lowest BCUT2D eigenvalue weighted by Crippen LogP contribution is -2.08. The van der Waals surface area contributed by atoms with Gasteiger partial charge in [0, 0.05) is 12.1 Å². The zero-order chi connectivity index (χ0) is 12.5. The largest absolute Gasteiger partial charge is 0.492 e. The molecule has 0 aromatic heterocycles. The van der Waals surface area contributed by atoms with Crippen molar-refractivity contribution >= 4 is 15.9 Å². The van der Waals surface area contributed by atoms with E-state index in [2.05, 4.69) is 34.2 Å². The Labute approximate surface area is 113 Å². The molecule has 2 nitrogen and oxygen atoms in total. The Balaban J connectivity index is 2.50. The fraction of sp³-hybridized carbons (Fsp3) is 0.571. The molecule has 1 aromatic carbocycles. The van der Waals surface area contributed by atoms with Gasteiger partial charge in [-0.25, -0.2) is 0 Å². The molecular formula is C14H22BrNO. The van der Waals surface area contributed by atoms with E-state index in [9.17, 15) is 0 Å². The highest BCUT2D eigenvalue weighted by atomic mass is 79.9. The van der Waals surface area contributed by atoms with E-state index in [4.69, 9.17) is 4.74 Å². The van der Waals surface area contributed by atoms with Crippen LogP contribution in [0.2, 0.25) is 0 Å². The van der Waals surface area contributed by atoms with Crippen LogP contribution in [0.3, 0.4) is 0 Å². The molecule has 0 saturated heterocycles. The topological polar surface area (TPSA) is 21.3 Å². The molecule has 17 heavy (non-hydrogen) atoms. The second kappa shape index (κ2) is 8.54. The van der Waals surface area contributed by atoms with E-state index in [0.29, 0.717) is 0 Å². The Morgan fingerprint density at radius 3 is 2.76 bits per heavy atom. The van der Waals surface area contributed by atoms with Gasteiger partial charge in [0.15, 0.2) is 0 Å². The first-order valence-electron chi connectivity index (χ1n) is 6.34. The van der Waals surface area contributed by atoms with Gasteiger partial charge >= 0.3 is 0 Å². The predicted molar refractivity (Wildman–Crippen MR) is 76.5 cm³/mol. The third-order valence-corrected chi connectivity index (χ3v) is 3.28.